The molecule has 5 heteroatoms. The van der Waals surface area contributed by atoms with Crippen LogP contribution in [-0.4, -0.2) is 23.1 Å². The van der Waals surface area contributed by atoms with Crippen molar-refractivity contribution in [1.29, 1.82) is 0 Å². The van der Waals surface area contributed by atoms with Gasteiger partial charge >= 0.3 is 0 Å². The van der Waals surface area contributed by atoms with E-state index in [1.807, 2.05) is 44.2 Å². The molecule has 21 heavy (non-hydrogen) atoms. The van der Waals surface area contributed by atoms with E-state index in [0.717, 1.165) is 41.9 Å². The third-order valence-electron chi connectivity index (χ3n) is 2.83. The molecule has 1 heterocycles. The van der Waals surface area contributed by atoms with Crippen molar-refractivity contribution in [3.05, 3.63) is 36.2 Å². The van der Waals surface area contributed by atoms with Gasteiger partial charge in [0.05, 0.1) is 6.61 Å². The summed E-state index contributed by atoms with van der Waals surface area (Å²) in [5.41, 5.74) is 0.970. The number of hydrogen-bond donors (Lipinski definition) is 2. The smallest absolute Gasteiger partial charge is 0.136 e. The summed E-state index contributed by atoms with van der Waals surface area (Å²) >= 11 is 0. The molecule has 0 aliphatic rings. The van der Waals surface area contributed by atoms with Gasteiger partial charge in [-0.15, -0.1) is 0 Å². The molecule has 0 spiro atoms. The van der Waals surface area contributed by atoms with E-state index in [4.69, 9.17) is 4.74 Å². The molecule has 2 aromatic rings. The van der Waals surface area contributed by atoms with Crippen LogP contribution in [0.15, 0.2) is 30.3 Å². The lowest BCUT2D eigenvalue weighted by molar-refractivity contribution is 0.340. The van der Waals surface area contributed by atoms with E-state index in [2.05, 4.69) is 27.5 Å². The fraction of sp³-hybridized carbons (Fsp3) is 0.375. The fourth-order valence-corrected chi connectivity index (χ4v) is 1.92. The summed E-state index contributed by atoms with van der Waals surface area (Å²) in [6, 6.07) is 9.74. The minimum atomic E-state index is 0.671. The molecule has 1 aromatic carbocycles. The number of aryl methyl sites for hydroxylation is 1. The van der Waals surface area contributed by atoms with Gasteiger partial charge in [0.25, 0.3) is 0 Å². The summed E-state index contributed by atoms with van der Waals surface area (Å²) in [4.78, 5) is 8.77. The number of ether oxygens (including phenoxy) is 1. The minimum absolute atomic E-state index is 0.671. The van der Waals surface area contributed by atoms with Crippen molar-refractivity contribution < 1.29 is 4.74 Å². The number of benzene rings is 1. The van der Waals surface area contributed by atoms with Crippen LogP contribution in [-0.2, 0) is 0 Å². The van der Waals surface area contributed by atoms with Crippen LogP contribution in [0.3, 0.4) is 0 Å². The molecule has 0 radical (unpaired) electrons. The van der Waals surface area contributed by atoms with Crippen LogP contribution in [0.4, 0.5) is 17.3 Å². The van der Waals surface area contributed by atoms with E-state index in [1.165, 1.54) is 0 Å². The molecule has 1 aromatic heterocycles. The van der Waals surface area contributed by atoms with Gasteiger partial charge < -0.3 is 15.4 Å². The number of nitrogens with one attached hydrogen (secondary N) is 2. The highest BCUT2D eigenvalue weighted by atomic mass is 16.5. The van der Waals surface area contributed by atoms with E-state index in [0.29, 0.717) is 6.61 Å². The number of anilines is 3. The Kier molecular flexibility index (Phi) is 5.37. The summed E-state index contributed by atoms with van der Waals surface area (Å²) in [5.74, 6) is 3.24. The second kappa shape index (κ2) is 7.47. The van der Waals surface area contributed by atoms with E-state index in [1.54, 1.807) is 0 Å². The van der Waals surface area contributed by atoms with Crippen LogP contribution in [0.5, 0.6) is 5.75 Å². The van der Waals surface area contributed by atoms with Gasteiger partial charge in [0.15, 0.2) is 0 Å². The number of nitrogens with zero attached hydrogens (tertiary/aromatic N) is 2. The molecule has 0 aliphatic carbocycles. The maximum atomic E-state index is 5.43. The van der Waals surface area contributed by atoms with Crippen molar-refractivity contribution >= 4 is 17.3 Å². The minimum Gasteiger partial charge on any atom is -0.494 e. The zero-order valence-electron chi connectivity index (χ0n) is 12.8. The first-order valence-electron chi connectivity index (χ1n) is 7.30. The molecule has 0 unspecified atom stereocenters. The molecule has 2 rings (SSSR count). The van der Waals surface area contributed by atoms with Crippen LogP contribution < -0.4 is 15.4 Å². The van der Waals surface area contributed by atoms with Gasteiger partial charge in [0, 0.05) is 18.3 Å². The van der Waals surface area contributed by atoms with Gasteiger partial charge in [-0.25, -0.2) is 9.97 Å². The second-order valence-corrected chi connectivity index (χ2v) is 4.69. The molecular weight excluding hydrogens is 264 g/mol. The first-order chi connectivity index (χ1) is 10.2. The largest absolute Gasteiger partial charge is 0.494 e. The highest BCUT2D eigenvalue weighted by Crippen LogP contribution is 2.20. The van der Waals surface area contributed by atoms with Crippen LogP contribution >= 0.6 is 0 Å². The molecule has 0 saturated heterocycles. The highest BCUT2D eigenvalue weighted by Gasteiger charge is 2.02. The maximum absolute atomic E-state index is 5.43. The maximum Gasteiger partial charge on any atom is 0.136 e. The number of aromatic nitrogens is 2. The Balaban J connectivity index is 2.09. The lowest BCUT2D eigenvalue weighted by Gasteiger charge is -2.10. The zero-order chi connectivity index (χ0) is 15.1. The van der Waals surface area contributed by atoms with E-state index < -0.39 is 0 Å². The predicted octanol–water partition coefficient (Wildman–Crippen LogP) is 3.75. The van der Waals surface area contributed by atoms with Crippen molar-refractivity contribution in [1.82, 2.24) is 9.97 Å². The third kappa shape index (κ3) is 4.63. The molecule has 0 amide bonds. The molecular formula is C16H22N4O. The van der Waals surface area contributed by atoms with Gasteiger partial charge in [0.1, 0.15) is 23.2 Å². The first kappa shape index (κ1) is 15.1. The standard InChI is InChI=1S/C16H22N4O/c1-4-10-17-15-11-16(19-12(3)18-15)20-13-6-8-14(9-7-13)21-5-2/h6-9,11H,4-5,10H2,1-3H3,(H2,17,18,19,20). The quantitative estimate of drug-likeness (QED) is 0.811. The monoisotopic (exact) mass is 286 g/mol. The van der Waals surface area contributed by atoms with Gasteiger partial charge in [-0.1, -0.05) is 6.92 Å². The van der Waals surface area contributed by atoms with E-state index in [-0.39, 0.29) is 0 Å². The molecule has 112 valence electrons. The first-order valence-corrected chi connectivity index (χ1v) is 7.30. The molecule has 0 atom stereocenters. The molecule has 0 aliphatic heterocycles. The normalized spacial score (nSPS) is 10.2. The van der Waals surface area contributed by atoms with Crippen LogP contribution in [0.2, 0.25) is 0 Å². The van der Waals surface area contributed by atoms with Crippen LogP contribution in [0.25, 0.3) is 0 Å². The Morgan fingerprint density at radius 2 is 1.76 bits per heavy atom. The third-order valence-corrected chi connectivity index (χ3v) is 2.83. The van der Waals surface area contributed by atoms with Crippen molar-refractivity contribution in [3.8, 4) is 5.75 Å². The molecule has 0 bridgehead atoms. The Bertz CT molecular complexity index is 569. The summed E-state index contributed by atoms with van der Waals surface area (Å²) in [5, 5.41) is 6.56. The zero-order valence-corrected chi connectivity index (χ0v) is 12.8. The highest BCUT2D eigenvalue weighted by molar-refractivity contribution is 5.59. The van der Waals surface area contributed by atoms with Crippen molar-refractivity contribution in [2.24, 2.45) is 0 Å². The average molecular weight is 286 g/mol. The second-order valence-electron chi connectivity index (χ2n) is 4.69. The summed E-state index contributed by atoms with van der Waals surface area (Å²) in [6.07, 6.45) is 1.06. The predicted molar refractivity (Wildman–Crippen MR) is 86.4 cm³/mol. The van der Waals surface area contributed by atoms with Gasteiger partial charge in [-0.05, 0) is 44.5 Å². The summed E-state index contributed by atoms with van der Waals surface area (Å²) < 4.78 is 5.43. The summed E-state index contributed by atoms with van der Waals surface area (Å²) in [6.45, 7) is 7.56. The number of hydrogen-bond acceptors (Lipinski definition) is 5. The Morgan fingerprint density at radius 3 is 2.43 bits per heavy atom. The lowest BCUT2D eigenvalue weighted by atomic mass is 10.3. The topological polar surface area (TPSA) is 59.1 Å². The Morgan fingerprint density at radius 1 is 1.05 bits per heavy atom. The van der Waals surface area contributed by atoms with Gasteiger partial charge in [0.2, 0.25) is 0 Å². The lowest BCUT2D eigenvalue weighted by Crippen LogP contribution is -2.05. The molecule has 0 fully saturated rings. The molecule has 0 saturated carbocycles. The average Bonchev–Trinajstić information content (AvgIpc) is 2.47. The van der Waals surface area contributed by atoms with Crippen LogP contribution in [0.1, 0.15) is 26.1 Å². The fourth-order valence-electron chi connectivity index (χ4n) is 1.92. The van der Waals surface area contributed by atoms with Crippen molar-refractivity contribution in [2.45, 2.75) is 27.2 Å². The van der Waals surface area contributed by atoms with E-state index >= 15 is 0 Å². The van der Waals surface area contributed by atoms with Crippen molar-refractivity contribution in [3.63, 3.8) is 0 Å². The van der Waals surface area contributed by atoms with Gasteiger partial charge in [-0.3, -0.25) is 0 Å². The van der Waals surface area contributed by atoms with Crippen LogP contribution in [0, 0.1) is 6.92 Å². The Hall–Kier alpha value is -2.30. The molecule has 2 N–H and O–H groups in total. The van der Waals surface area contributed by atoms with Gasteiger partial charge in [-0.2, -0.15) is 0 Å². The van der Waals surface area contributed by atoms with Crippen molar-refractivity contribution in [2.75, 3.05) is 23.8 Å². The van der Waals surface area contributed by atoms with E-state index in [9.17, 15) is 0 Å². The number of rotatable bonds is 7. The summed E-state index contributed by atoms with van der Waals surface area (Å²) in [7, 11) is 0. The Labute approximate surface area is 125 Å². The SMILES string of the molecule is CCCNc1cc(Nc2ccc(OCC)cc2)nc(C)n1. The molecule has 5 nitrogen and oxygen atoms in total.